The zero-order valence-corrected chi connectivity index (χ0v) is 12.7. The van der Waals surface area contributed by atoms with Gasteiger partial charge in [-0.25, -0.2) is 0 Å². The van der Waals surface area contributed by atoms with E-state index >= 15 is 0 Å². The number of aryl methyl sites for hydroxylation is 1. The lowest BCUT2D eigenvalue weighted by Gasteiger charge is -2.04. The number of unbranched alkanes of at least 4 members (excludes halogenated alkanes) is 4. The molecule has 108 valence electrons. The number of nitrogens with zero attached hydrogens (tertiary/aromatic N) is 2. The molecule has 0 bridgehead atoms. The molecule has 2 heteroatoms. The summed E-state index contributed by atoms with van der Waals surface area (Å²) in [6, 6.07) is 14.4. The third kappa shape index (κ3) is 4.72. The van der Waals surface area contributed by atoms with Gasteiger partial charge >= 0.3 is 0 Å². The van der Waals surface area contributed by atoms with Crippen molar-refractivity contribution in [3.63, 3.8) is 0 Å². The Kier molecular flexibility index (Phi) is 5.97. The second kappa shape index (κ2) is 8.21. The first-order valence-corrected chi connectivity index (χ1v) is 7.79. The Morgan fingerprint density at radius 1 is 0.952 bits per heavy atom. The first-order valence-electron chi connectivity index (χ1n) is 7.79. The van der Waals surface area contributed by atoms with Gasteiger partial charge in [0.1, 0.15) is 6.07 Å². The second-order valence-corrected chi connectivity index (χ2v) is 5.41. The molecule has 0 amide bonds. The molecule has 0 aliphatic heterocycles. The fraction of sp³-hybridized carbons (Fsp3) is 0.368. The van der Waals surface area contributed by atoms with Crippen LogP contribution in [0.5, 0.6) is 0 Å². The van der Waals surface area contributed by atoms with Crippen molar-refractivity contribution in [3.8, 4) is 17.3 Å². The minimum absolute atomic E-state index is 0.599. The molecule has 1 heterocycles. The molecule has 0 saturated carbocycles. The third-order valence-electron chi connectivity index (χ3n) is 3.71. The summed E-state index contributed by atoms with van der Waals surface area (Å²) in [6.45, 7) is 2.25. The van der Waals surface area contributed by atoms with Gasteiger partial charge in [0.15, 0.2) is 0 Å². The Morgan fingerprint density at radius 3 is 2.33 bits per heavy atom. The van der Waals surface area contributed by atoms with Crippen LogP contribution in [-0.4, -0.2) is 4.98 Å². The number of hydrogen-bond donors (Lipinski definition) is 0. The lowest BCUT2D eigenvalue weighted by Crippen LogP contribution is -1.88. The molecule has 0 atom stereocenters. The number of nitriles is 1. The van der Waals surface area contributed by atoms with Gasteiger partial charge in [0.05, 0.1) is 11.3 Å². The summed E-state index contributed by atoms with van der Waals surface area (Å²) in [5, 5.41) is 8.78. The zero-order chi connectivity index (χ0) is 14.9. The fourth-order valence-electron chi connectivity index (χ4n) is 2.41. The normalized spacial score (nSPS) is 10.3. The van der Waals surface area contributed by atoms with Crippen LogP contribution < -0.4 is 0 Å². The van der Waals surface area contributed by atoms with E-state index in [1.54, 1.807) is 6.20 Å². The second-order valence-electron chi connectivity index (χ2n) is 5.41. The van der Waals surface area contributed by atoms with Crippen LogP contribution in [0.4, 0.5) is 0 Å². The van der Waals surface area contributed by atoms with Crippen molar-refractivity contribution in [2.45, 2.75) is 45.4 Å². The number of pyridine rings is 1. The Hall–Kier alpha value is -2.14. The maximum Gasteiger partial charge on any atom is 0.101 e. The molecule has 0 fully saturated rings. The van der Waals surface area contributed by atoms with E-state index in [-0.39, 0.29) is 0 Å². The maximum atomic E-state index is 8.78. The molecule has 2 nitrogen and oxygen atoms in total. The molecule has 0 aliphatic rings. The van der Waals surface area contributed by atoms with Gasteiger partial charge in [-0.3, -0.25) is 4.98 Å². The van der Waals surface area contributed by atoms with Crippen LogP contribution in [0.2, 0.25) is 0 Å². The Bertz CT molecular complexity index is 576. The van der Waals surface area contributed by atoms with Crippen molar-refractivity contribution >= 4 is 0 Å². The smallest absolute Gasteiger partial charge is 0.101 e. The number of benzene rings is 1. The van der Waals surface area contributed by atoms with Gasteiger partial charge in [0, 0.05) is 11.8 Å². The van der Waals surface area contributed by atoms with Crippen molar-refractivity contribution in [2.75, 3.05) is 0 Å². The average molecular weight is 278 g/mol. The van der Waals surface area contributed by atoms with Crippen molar-refractivity contribution in [2.24, 2.45) is 0 Å². The fourth-order valence-corrected chi connectivity index (χ4v) is 2.41. The minimum Gasteiger partial charge on any atom is -0.255 e. The van der Waals surface area contributed by atoms with E-state index in [0.29, 0.717) is 5.56 Å². The molecule has 2 rings (SSSR count). The molecule has 21 heavy (non-hydrogen) atoms. The molecule has 0 N–H and O–H groups in total. The molecule has 1 aromatic carbocycles. The predicted molar refractivity (Wildman–Crippen MR) is 86.9 cm³/mol. The van der Waals surface area contributed by atoms with Crippen molar-refractivity contribution < 1.29 is 0 Å². The molecular formula is C19H22N2. The number of rotatable bonds is 7. The van der Waals surface area contributed by atoms with Gasteiger partial charge in [-0.05, 0) is 30.5 Å². The van der Waals surface area contributed by atoms with E-state index < -0.39 is 0 Å². The van der Waals surface area contributed by atoms with E-state index in [0.717, 1.165) is 17.7 Å². The molecule has 0 saturated heterocycles. The summed E-state index contributed by atoms with van der Waals surface area (Å²) in [4.78, 5) is 4.32. The van der Waals surface area contributed by atoms with Crippen LogP contribution in [0.1, 0.15) is 50.2 Å². The Labute approximate surface area is 127 Å². The lowest BCUT2D eigenvalue weighted by atomic mass is 10.0. The molecule has 2 aromatic rings. The topological polar surface area (TPSA) is 36.7 Å². The monoisotopic (exact) mass is 278 g/mol. The molecule has 0 spiro atoms. The minimum atomic E-state index is 0.599. The van der Waals surface area contributed by atoms with Gasteiger partial charge in [-0.2, -0.15) is 5.26 Å². The summed E-state index contributed by atoms with van der Waals surface area (Å²) in [6.07, 6.45) is 9.38. The summed E-state index contributed by atoms with van der Waals surface area (Å²) in [7, 11) is 0. The highest BCUT2D eigenvalue weighted by Crippen LogP contribution is 2.18. The molecule has 0 unspecified atom stereocenters. The zero-order valence-electron chi connectivity index (χ0n) is 12.7. The molecule has 0 aliphatic carbocycles. The van der Waals surface area contributed by atoms with Crippen LogP contribution in [0.3, 0.4) is 0 Å². The SMILES string of the molecule is CCCCCCCc1ccc(-c2ccc(C#N)cn2)cc1. The quantitative estimate of drug-likeness (QED) is 0.658. The van der Waals surface area contributed by atoms with Crippen molar-refractivity contribution in [1.29, 1.82) is 5.26 Å². The van der Waals surface area contributed by atoms with Crippen LogP contribution in [0.15, 0.2) is 42.6 Å². The van der Waals surface area contributed by atoms with Gasteiger partial charge in [0.25, 0.3) is 0 Å². The molecular weight excluding hydrogens is 256 g/mol. The van der Waals surface area contributed by atoms with Gasteiger partial charge in [0.2, 0.25) is 0 Å². The number of aromatic nitrogens is 1. The average Bonchev–Trinajstić information content (AvgIpc) is 2.55. The summed E-state index contributed by atoms with van der Waals surface area (Å²) < 4.78 is 0. The third-order valence-corrected chi connectivity index (χ3v) is 3.71. The first kappa shape index (κ1) is 15.3. The molecule has 1 aromatic heterocycles. The predicted octanol–water partition coefficient (Wildman–Crippen LogP) is 5.13. The van der Waals surface area contributed by atoms with Crippen molar-refractivity contribution in [3.05, 3.63) is 53.7 Å². The summed E-state index contributed by atoms with van der Waals surface area (Å²) in [5.41, 5.74) is 4.02. The van der Waals surface area contributed by atoms with E-state index in [9.17, 15) is 0 Å². The Balaban J connectivity index is 1.90. The van der Waals surface area contributed by atoms with Crippen LogP contribution in [-0.2, 0) is 6.42 Å². The van der Waals surface area contributed by atoms with E-state index in [1.807, 2.05) is 12.1 Å². The highest BCUT2D eigenvalue weighted by Gasteiger charge is 2.00. The highest BCUT2D eigenvalue weighted by atomic mass is 14.7. The summed E-state index contributed by atoms with van der Waals surface area (Å²) in [5.74, 6) is 0. The highest BCUT2D eigenvalue weighted by molar-refractivity contribution is 5.59. The van der Waals surface area contributed by atoms with E-state index in [2.05, 4.69) is 42.2 Å². The summed E-state index contributed by atoms with van der Waals surface area (Å²) >= 11 is 0. The van der Waals surface area contributed by atoms with Crippen LogP contribution in [0, 0.1) is 11.3 Å². The Morgan fingerprint density at radius 2 is 1.71 bits per heavy atom. The van der Waals surface area contributed by atoms with Gasteiger partial charge < -0.3 is 0 Å². The lowest BCUT2D eigenvalue weighted by molar-refractivity contribution is 0.632. The first-order chi connectivity index (χ1) is 10.3. The number of hydrogen-bond acceptors (Lipinski definition) is 2. The largest absolute Gasteiger partial charge is 0.255 e. The van der Waals surface area contributed by atoms with Crippen molar-refractivity contribution in [1.82, 2.24) is 4.98 Å². The van der Waals surface area contributed by atoms with Gasteiger partial charge in [-0.15, -0.1) is 0 Å². The van der Waals surface area contributed by atoms with Crippen LogP contribution in [0.25, 0.3) is 11.3 Å². The van der Waals surface area contributed by atoms with Gasteiger partial charge in [-0.1, -0.05) is 56.9 Å². The van der Waals surface area contributed by atoms with E-state index in [4.69, 9.17) is 5.26 Å². The van der Waals surface area contributed by atoms with E-state index in [1.165, 1.54) is 37.7 Å². The standard InChI is InChI=1S/C19H22N2/c1-2-3-4-5-6-7-16-8-11-18(12-9-16)19-13-10-17(14-20)15-21-19/h8-13,15H,2-7H2,1H3. The van der Waals surface area contributed by atoms with Crippen LogP contribution >= 0.6 is 0 Å². The maximum absolute atomic E-state index is 8.78. The molecule has 0 radical (unpaired) electrons.